The Labute approximate surface area is 123 Å². The molecule has 1 saturated heterocycles. The highest BCUT2D eigenvalue weighted by atomic mass is 32.2. The van der Waals surface area contributed by atoms with Crippen LogP contribution in [0.5, 0.6) is 0 Å². The molecule has 0 bridgehead atoms. The van der Waals surface area contributed by atoms with Crippen LogP contribution in [0.25, 0.3) is 0 Å². The van der Waals surface area contributed by atoms with Crippen molar-refractivity contribution in [1.82, 2.24) is 10.2 Å². The topological polar surface area (TPSA) is 84.7 Å². The molecule has 1 aliphatic heterocycles. The van der Waals surface area contributed by atoms with Gasteiger partial charge in [-0.2, -0.15) is 11.8 Å². The van der Waals surface area contributed by atoms with Crippen molar-refractivity contribution in [3.05, 3.63) is 0 Å². The maximum Gasteiger partial charge on any atom is 0.245 e. The molecule has 0 radical (unpaired) electrons. The zero-order chi connectivity index (χ0) is 14.5. The Morgan fingerprint density at radius 2 is 2.25 bits per heavy atom. The second kappa shape index (κ2) is 7.28. The molecule has 2 atom stereocenters. The van der Waals surface area contributed by atoms with E-state index < -0.39 is 12.1 Å². The van der Waals surface area contributed by atoms with Crippen LogP contribution in [0.3, 0.4) is 0 Å². The highest BCUT2D eigenvalue weighted by molar-refractivity contribution is 7.98. The molecule has 0 spiro atoms. The van der Waals surface area contributed by atoms with Gasteiger partial charge < -0.3 is 20.7 Å². The first kappa shape index (κ1) is 15.6. The first-order valence-corrected chi connectivity index (χ1v) is 8.46. The monoisotopic (exact) mass is 301 g/mol. The van der Waals surface area contributed by atoms with Crippen LogP contribution < -0.4 is 11.1 Å². The number of morpholine rings is 1. The maximum atomic E-state index is 12.4. The summed E-state index contributed by atoms with van der Waals surface area (Å²) >= 11 is 1.66. The minimum absolute atomic E-state index is 0.113. The summed E-state index contributed by atoms with van der Waals surface area (Å²) in [5.74, 6) is 0.590. The van der Waals surface area contributed by atoms with Gasteiger partial charge in [0.05, 0.1) is 19.3 Å². The third-order valence-corrected chi connectivity index (χ3v) is 4.23. The van der Waals surface area contributed by atoms with Crippen molar-refractivity contribution in [3.8, 4) is 0 Å². The first-order valence-electron chi connectivity index (χ1n) is 7.06. The number of hydrogen-bond donors (Lipinski definition) is 2. The fourth-order valence-corrected chi connectivity index (χ4v) is 2.68. The quantitative estimate of drug-likeness (QED) is 0.695. The molecule has 7 heteroatoms. The summed E-state index contributed by atoms with van der Waals surface area (Å²) in [6.45, 7) is 1.17. The Morgan fingerprint density at radius 3 is 2.90 bits per heavy atom. The van der Waals surface area contributed by atoms with E-state index in [9.17, 15) is 9.59 Å². The molecule has 1 aliphatic carbocycles. The Morgan fingerprint density at radius 1 is 1.50 bits per heavy atom. The van der Waals surface area contributed by atoms with Crippen molar-refractivity contribution >= 4 is 23.6 Å². The van der Waals surface area contributed by atoms with E-state index in [0.29, 0.717) is 19.6 Å². The van der Waals surface area contributed by atoms with Gasteiger partial charge in [0.25, 0.3) is 0 Å². The smallest absolute Gasteiger partial charge is 0.245 e. The van der Waals surface area contributed by atoms with Gasteiger partial charge in [-0.25, -0.2) is 0 Å². The lowest BCUT2D eigenvalue weighted by Gasteiger charge is -2.36. The lowest BCUT2D eigenvalue weighted by molar-refractivity contribution is -0.149. The predicted molar refractivity (Wildman–Crippen MR) is 78.5 cm³/mol. The zero-order valence-corrected chi connectivity index (χ0v) is 12.7. The fourth-order valence-electron chi connectivity index (χ4n) is 2.19. The molecule has 2 amide bonds. The molecule has 2 rings (SSSR count). The summed E-state index contributed by atoms with van der Waals surface area (Å²) in [5, 5.41) is 2.93. The van der Waals surface area contributed by atoms with E-state index in [4.69, 9.17) is 10.5 Å². The Balaban J connectivity index is 1.94. The van der Waals surface area contributed by atoms with Gasteiger partial charge >= 0.3 is 0 Å². The summed E-state index contributed by atoms with van der Waals surface area (Å²) in [7, 11) is 0. The van der Waals surface area contributed by atoms with Crippen LogP contribution >= 0.6 is 11.8 Å². The standard InChI is InChI=1S/C13H23N3O3S/c1-20-7-4-10(14)13(18)16-5-6-19-8-11(16)12(17)15-9-2-3-9/h9-11H,2-8,14H2,1H3,(H,15,17)/t10-,11?/m1/s1. The molecule has 2 aliphatic rings. The average molecular weight is 301 g/mol. The normalized spacial score (nSPS) is 24.3. The van der Waals surface area contributed by atoms with Crippen LogP contribution in [-0.4, -0.2) is 66.6 Å². The number of amides is 2. The van der Waals surface area contributed by atoms with Crippen LogP contribution in [0.1, 0.15) is 19.3 Å². The van der Waals surface area contributed by atoms with Crippen LogP contribution in [0.15, 0.2) is 0 Å². The number of nitrogens with zero attached hydrogens (tertiary/aromatic N) is 1. The molecule has 114 valence electrons. The largest absolute Gasteiger partial charge is 0.377 e. The van der Waals surface area contributed by atoms with Gasteiger partial charge in [0, 0.05) is 12.6 Å². The summed E-state index contributed by atoms with van der Waals surface area (Å²) in [5.41, 5.74) is 5.93. The molecule has 20 heavy (non-hydrogen) atoms. The summed E-state index contributed by atoms with van der Waals surface area (Å²) in [4.78, 5) is 26.1. The lowest BCUT2D eigenvalue weighted by Crippen LogP contribution is -2.59. The Bertz CT molecular complexity index is 363. The fraction of sp³-hybridized carbons (Fsp3) is 0.846. The van der Waals surface area contributed by atoms with E-state index in [-0.39, 0.29) is 24.5 Å². The van der Waals surface area contributed by atoms with Crippen LogP contribution in [0, 0.1) is 0 Å². The molecule has 1 unspecified atom stereocenters. The highest BCUT2D eigenvalue weighted by Crippen LogP contribution is 2.20. The first-order chi connectivity index (χ1) is 9.63. The molecule has 1 heterocycles. The molecular weight excluding hydrogens is 278 g/mol. The molecule has 0 aromatic heterocycles. The van der Waals surface area contributed by atoms with Crippen molar-refractivity contribution in [2.45, 2.75) is 37.4 Å². The molecule has 6 nitrogen and oxygen atoms in total. The molecule has 0 aromatic carbocycles. The van der Waals surface area contributed by atoms with E-state index in [1.165, 1.54) is 0 Å². The number of ether oxygens (including phenoxy) is 1. The Hall–Kier alpha value is -0.790. The number of rotatable bonds is 6. The maximum absolute atomic E-state index is 12.4. The SMILES string of the molecule is CSCC[C@@H](N)C(=O)N1CCOCC1C(=O)NC1CC1. The summed E-state index contributed by atoms with van der Waals surface area (Å²) in [6, 6.07) is -0.777. The van der Waals surface area contributed by atoms with Gasteiger partial charge in [-0.3, -0.25) is 9.59 Å². The van der Waals surface area contributed by atoms with Gasteiger partial charge in [-0.05, 0) is 31.3 Å². The second-order valence-electron chi connectivity index (χ2n) is 5.29. The van der Waals surface area contributed by atoms with Gasteiger partial charge in [-0.15, -0.1) is 0 Å². The van der Waals surface area contributed by atoms with Crippen molar-refractivity contribution in [2.24, 2.45) is 5.73 Å². The van der Waals surface area contributed by atoms with E-state index in [1.54, 1.807) is 16.7 Å². The molecule has 3 N–H and O–H groups in total. The molecule has 0 aromatic rings. The predicted octanol–water partition coefficient (Wildman–Crippen LogP) is -0.427. The lowest BCUT2D eigenvalue weighted by atomic mass is 10.1. The minimum atomic E-state index is -0.531. The van der Waals surface area contributed by atoms with Crippen LogP contribution in [0.2, 0.25) is 0 Å². The number of carbonyl (C=O) groups is 2. The van der Waals surface area contributed by atoms with E-state index in [0.717, 1.165) is 18.6 Å². The zero-order valence-electron chi connectivity index (χ0n) is 11.8. The van der Waals surface area contributed by atoms with Crippen LogP contribution in [0.4, 0.5) is 0 Å². The third kappa shape index (κ3) is 4.10. The number of thioether (sulfide) groups is 1. The highest BCUT2D eigenvalue weighted by Gasteiger charge is 2.36. The summed E-state index contributed by atoms with van der Waals surface area (Å²) in [6.07, 6.45) is 4.67. The second-order valence-corrected chi connectivity index (χ2v) is 6.28. The number of carbonyl (C=O) groups excluding carboxylic acids is 2. The summed E-state index contributed by atoms with van der Waals surface area (Å²) < 4.78 is 5.35. The number of nitrogens with one attached hydrogen (secondary N) is 1. The number of nitrogens with two attached hydrogens (primary N) is 1. The Kier molecular flexibility index (Phi) is 5.68. The van der Waals surface area contributed by atoms with Gasteiger partial charge in [0.15, 0.2) is 0 Å². The van der Waals surface area contributed by atoms with Gasteiger partial charge in [-0.1, -0.05) is 0 Å². The van der Waals surface area contributed by atoms with Crippen molar-refractivity contribution in [2.75, 3.05) is 31.8 Å². The number of hydrogen-bond acceptors (Lipinski definition) is 5. The molecule has 1 saturated carbocycles. The third-order valence-electron chi connectivity index (χ3n) is 3.59. The van der Waals surface area contributed by atoms with Gasteiger partial charge in [0.2, 0.25) is 11.8 Å². The van der Waals surface area contributed by atoms with E-state index >= 15 is 0 Å². The van der Waals surface area contributed by atoms with Crippen molar-refractivity contribution in [3.63, 3.8) is 0 Å². The van der Waals surface area contributed by atoms with Gasteiger partial charge in [0.1, 0.15) is 6.04 Å². The van der Waals surface area contributed by atoms with E-state index in [1.807, 2.05) is 6.26 Å². The van der Waals surface area contributed by atoms with Crippen LogP contribution in [-0.2, 0) is 14.3 Å². The van der Waals surface area contributed by atoms with Crippen molar-refractivity contribution in [1.29, 1.82) is 0 Å². The van der Waals surface area contributed by atoms with Crippen molar-refractivity contribution < 1.29 is 14.3 Å². The minimum Gasteiger partial charge on any atom is -0.377 e. The average Bonchev–Trinajstić information content (AvgIpc) is 3.27. The molecular formula is C13H23N3O3S. The van der Waals surface area contributed by atoms with E-state index in [2.05, 4.69) is 5.32 Å². The molecule has 2 fully saturated rings.